The van der Waals surface area contributed by atoms with Gasteiger partial charge < -0.3 is 24.6 Å². The summed E-state index contributed by atoms with van der Waals surface area (Å²) in [5.74, 6) is -2.60. The summed E-state index contributed by atoms with van der Waals surface area (Å²) in [6.07, 6.45) is 1.36. The van der Waals surface area contributed by atoms with Crippen LogP contribution in [0.5, 0.6) is 5.75 Å². The van der Waals surface area contributed by atoms with Crippen molar-refractivity contribution in [3.8, 4) is 11.4 Å². The molecule has 2 N–H and O–H groups in total. The van der Waals surface area contributed by atoms with E-state index in [1.807, 2.05) is 4.90 Å². The molecule has 0 amide bonds. The van der Waals surface area contributed by atoms with Gasteiger partial charge in [-0.15, -0.1) is 0 Å². The third kappa shape index (κ3) is 3.67. The van der Waals surface area contributed by atoms with Crippen molar-refractivity contribution in [2.45, 2.75) is 25.8 Å². The van der Waals surface area contributed by atoms with Gasteiger partial charge in [0.1, 0.15) is 17.5 Å². The van der Waals surface area contributed by atoms with E-state index in [1.54, 1.807) is 0 Å². The summed E-state index contributed by atoms with van der Waals surface area (Å²) < 4.78 is 49.7. The summed E-state index contributed by atoms with van der Waals surface area (Å²) in [7, 11) is 0. The van der Waals surface area contributed by atoms with E-state index in [1.165, 1.54) is 17.6 Å². The van der Waals surface area contributed by atoms with Gasteiger partial charge in [0.25, 0.3) is 0 Å². The topological polar surface area (TPSA) is 83.8 Å². The number of anilines is 1. The molecule has 2 fully saturated rings. The van der Waals surface area contributed by atoms with Gasteiger partial charge in [-0.05, 0) is 50.4 Å². The number of aromatic nitrogens is 1. The van der Waals surface area contributed by atoms with E-state index >= 15 is 4.39 Å². The highest BCUT2D eigenvalue weighted by atomic mass is 19.1. The maximum absolute atomic E-state index is 15.6. The molecule has 2 aliphatic rings. The van der Waals surface area contributed by atoms with Crippen molar-refractivity contribution in [3.63, 3.8) is 0 Å². The van der Waals surface area contributed by atoms with Crippen molar-refractivity contribution in [3.05, 3.63) is 63.7 Å². The highest BCUT2D eigenvalue weighted by Crippen LogP contribution is 2.36. The third-order valence-electron chi connectivity index (χ3n) is 6.72. The van der Waals surface area contributed by atoms with Crippen LogP contribution < -0.4 is 20.4 Å². The molecule has 3 heterocycles. The second-order valence-corrected chi connectivity index (χ2v) is 8.75. The first kappa shape index (κ1) is 22.3. The Bertz CT molecular complexity index is 1360. The Balaban J connectivity index is 1.76. The van der Waals surface area contributed by atoms with Crippen molar-refractivity contribution in [2.75, 3.05) is 24.5 Å². The van der Waals surface area contributed by atoms with E-state index < -0.39 is 34.8 Å². The van der Waals surface area contributed by atoms with Crippen molar-refractivity contribution >= 4 is 22.7 Å². The molecule has 3 aromatic rings. The SMILES string of the molecule is Cc1c(F)c(N2CC3CCCNC3C2)cc2c1c(=O)c(OC(=O)O)cn2-c1ccc(F)cc1F. The molecule has 2 saturated heterocycles. The predicted molar refractivity (Wildman–Crippen MR) is 120 cm³/mol. The Morgan fingerprint density at radius 3 is 2.68 bits per heavy atom. The predicted octanol–water partition coefficient (Wildman–Crippen LogP) is 3.96. The van der Waals surface area contributed by atoms with Gasteiger partial charge in [-0.3, -0.25) is 4.79 Å². The fraction of sp³-hybridized carbons (Fsp3) is 0.333. The van der Waals surface area contributed by atoms with Gasteiger partial charge in [0.05, 0.1) is 28.5 Å². The minimum absolute atomic E-state index is 0.00700. The lowest BCUT2D eigenvalue weighted by Crippen LogP contribution is -2.40. The van der Waals surface area contributed by atoms with Crippen LogP contribution in [0.25, 0.3) is 16.6 Å². The summed E-state index contributed by atoms with van der Waals surface area (Å²) >= 11 is 0. The van der Waals surface area contributed by atoms with Crippen molar-refractivity contribution in [2.24, 2.45) is 5.92 Å². The van der Waals surface area contributed by atoms with Crippen LogP contribution in [0.4, 0.5) is 23.7 Å². The van der Waals surface area contributed by atoms with E-state index in [9.17, 15) is 18.4 Å². The highest BCUT2D eigenvalue weighted by Gasteiger charge is 2.36. The molecule has 2 unspecified atom stereocenters. The number of aryl methyl sites for hydroxylation is 1. The lowest BCUT2D eigenvalue weighted by molar-refractivity contribution is 0.144. The molecule has 34 heavy (non-hydrogen) atoms. The Morgan fingerprint density at radius 1 is 1.18 bits per heavy atom. The molecule has 2 aliphatic heterocycles. The van der Waals surface area contributed by atoms with Crippen LogP contribution >= 0.6 is 0 Å². The van der Waals surface area contributed by atoms with Crippen LogP contribution in [-0.4, -0.2) is 41.5 Å². The van der Waals surface area contributed by atoms with Gasteiger partial charge in [-0.1, -0.05) is 0 Å². The van der Waals surface area contributed by atoms with Gasteiger partial charge in [0.2, 0.25) is 5.43 Å². The molecule has 0 aliphatic carbocycles. The number of carboxylic acid groups (broad SMARTS) is 1. The number of nitrogens with zero attached hydrogens (tertiary/aromatic N) is 2. The number of pyridine rings is 1. The molecule has 1 aromatic heterocycles. The third-order valence-corrected chi connectivity index (χ3v) is 6.72. The normalized spacial score (nSPS) is 19.9. The summed E-state index contributed by atoms with van der Waals surface area (Å²) in [6, 6.07) is 4.56. The number of fused-ring (bicyclic) bond motifs is 2. The zero-order valence-electron chi connectivity index (χ0n) is 18.3. The quantitative estimate of drug-likeness (QED) is 0.561. The second-order valence-electron chi connectivity index (χ2n) is 8.75. The van der Waals surface area contributed by atoms with E-state index in [4.69, 9.17) is 5.11 Å². The van der Waals surface area contributed by atoms with Crippen LogP contribution in [0.1, 0.15) is 18.4 Å². The average Bonchev–Trinajstić information content (AvgIpc) is 3.22. The fourth-order valence-corrected chi connectivity index (χ4v) is 5.12. The molecule has 10 heteroatoms. The monoisotopic (exact) mass is 473 g/mol. The average molecular weight is 473 g/mol. The van der Waals surface area contributed by atoms with E-state index in [2.05, 4.69) is 10.1 Å². The van der Waals surface area contributed by atoms with Crippen molar-refractivity contribution < 1.29 is 27.8 Å². The maximum atomic E-state index is 15.6. The second kappa shape index (κ2) is 8.35. The number of hydrogen-bond donors (Lipinski definition) is 2. The van der Waals surface area contributed by atoms with Crippen LogP contribution in [-0.2, 0) is 0 Å². The Hall–Kier alpha value is -3.53. The number of piperidine rings is 1. The lowest BCUT2D eigenvalue weighted by atomic mass is 9.94. The Labute approximate surface area is 192 Å². The van der Waals surface area contributed by atoms with E-state index in [-0.39, 0.29) is 33.9 Å². The molecule has 7 nitrogen and oxygen atoms in total. The number of ether oxygens (including phenoxy) is 1. The first-order valence-electron chi connectivity index (χ1n) is 11.0. The first-order valence-corrected chi connectivity index (χ1v) is 11.0. The molecular formula is C24H22F3N3O4. The van der Waals surface area contributed by atoms with Crippen LogP contribution in [0, 0.1) is 30.3 Å². The van der Waals surface area contributed by atoms with Crippen molar-refractivity contribution in [1.29, 1.82) is 0 Å². The van der Waals surface area contributed by atoms with Gasteiger partial charge in [-0.2, -0.15) is 0 Å². The number of carbonyl (C=O) groups is 1. The van der Waals surface area contributed by atoms with Crippen LogP contribution in [0.15, 0.2) is 35.3 Å². The number of nitrogens with one attached hydrogen (secondary N) is 1. The van der Waals surface area contributed by atoms with E-state index in [0.717, 1.165) is 37.7 Å². The Kier molecular flexibility index (Phi) is 5.47. The summed E-state index contributed by atoms with van der Waals surface area (Å²) in [4.78, 5) is 26.1. The molecule has 5 rings (SSSR count). The molecular weight excluding hydrogens is 451 g/mol. The zero-order chi connectivity index (χ0) is 24.1. The van der Waals surface area contributed by atoms with Crippen LogP contribution in [0.3, 0.4) is 0 Å². The molecule has 0 saturated carbocycles. The summed E-state index contributed by atoms with van der Waals surface area (Å²) in [5, 5.41) is 12.4. The number of halogens is 3. The lowest BCUT2D eigenvalue weighted by Gasteiger charge is -2.24. The van der Waals surface area contributed by atoms with Gasteiger partial charge in [-0.25, -0.2) is 18.0 Å². The highest BCUT2D eigenvalue weighted by molar-refractivity contribution is 5.89. The largest absolute Gasteiger partial charge is 0.511 e. The van der Waals surface area contributed by atoms with Crippen molar-refractivity contribution in [1.82, 2.24) is 9.88 Å². The first-order chi connectivity index (χ1) is 16.2. The smallest absolute Gasteiger partial charge is 0.449 e. The van der Waals surface area contributed by atoms with Gasteiger partial charge in [0, 0.05) is 30.8 Å². The van der Waals surface area contributed by atoms with Crippen LogP contribution in [0.2, 0.25) is 0 Å². The van der Waals surface area contributed by atoms with E-state index in [0.29, 0.717) is 25.1 Å². The molecule has 0 spiro atoms. The van der Waals surface area contributed by atoms with Gasteiger partial charge in [0.15, 0.2) is 5.75 Å². The number of benzene rings is 2. The zero-order valence-corrected chi connectivity index (χ0v) is 18.3. The number of hydrogen-bond acceptors (Lipinski definition) is 5. The standard InChI is InChI=1S/C24H22F3N3O4/c1-12-21-18(8-19(22(12)27)29-9-13-3-2-6-28-16(13)10-29)30(11-20(23(21)31)34-24(32)33)17-5-4-14(25)7-15(17)26/h4-5,7-8,11,13,16,28H,2-3,6,9-10H2,1H3,(H,32,33). The molecule has 2 aromatic carbocycles. The maximum Gasteiger partial charge on any atom is 0.511 e. The fourth-order valence-electron chi connectivity index (χ4n) is 5.12. The molecule has 0 radical (unpaired) electrons. The Morgan fingerprint density at radius 2 is 1.97 bits per heavy atom. The summed E-state index contributed by atoms with van der Waals surface area (Å²) in [5.41, 5.74) is -0.563. The molecule has 2 atom stereocenters. The number of rotatable bonds is 3. The van der Waals surface area contributed by atoms with Gasteiger partial charge >= 0.3 is 6.16 Å². The molecule has 178 valence electrons. The molecule has 0 bridgehead atoms. The summed E-state index contributed by atoms with van der Waals surface area (Å²) in [6.45, 7) is 3.54. The minimum Gasteiger partial charge on any atom is -0.449 e. The minimum atomic E-state index is -1.75.